The van der Waals surface area contributed by atoms with Crippen LogP contribution in [0.4, 0.5) is 0 Å². The van der Waals surface area contributed by atoms with Gasteiger partial charge < -0.3 is 14.7 Å². The number of aryl methyl sites for hydroxylation is 2. The number of aliphatic hydroxyl groups is 1. The zero-order valence-corrected chi connectivity index (χ0v) is 19.1. The molecule has 1 amide bonds. The molecule has 1 atom stereocenters. The maximum absolute atomic E-state index is 13.3. The summed E-state index contributed by atoms with van der Waals surface area (Å²) in [4.78, 5) is 28.3. The van der Waals surface area contributed by atoms with Crippen LogP contribution in [0.2, 0.25) is 0 Å². The van der Waals surface area contributed by atoms with Crippen molar-refractivity contribution in [1.82, 2.24) is 4.90 Å². The van der Waals surface area contributed by atoms with Gasteiger partial charge in [0.25, 0.3) is 11.7 Å². The molecule has 0 bridgehead atoms. The number of ketones is 1. The number of carbonyl (C=O) groups excluding carboxylic acids is 2. The third kappa shape index (κ3) is 3.92. The molecule has 2 fully saturated rings. The Hall–Kier alpha value is -3.08. The Morgan fingerprint density at radius 2 is 1.75 bits per heavy atom. The number of aliphatic hydroxyl groups excluding tert-OH is 1. The van der Waals surface area contributed by atoms with E-state index < -0.39 is 17.7 Å². The molecule has 0 radical (unpaired) electrons. The molecule has 1 heterocycles. The van der Waals surface area contributed by atoms with Gasteiger partial charge >= 0.3 is 0 Å². The van der Waals surface area contributed by atoms with Crippen molar-refractivity contribution in [2.45, 2.75) is 64.5 Å². The van der Waals surface area contributed by atoms with E-state index in [-0.39, 0.29) is 17.4 Å². The summed E-state index contributed by atoms with van der Waals surface area (Å²) in [5.41, 5.74) is 3.56. The number of amides is 1. The Morgan fingerprint density at radius 1 is 1.06 bits per heavy atom. The first-order valence-electron chi connectivity index (χ1n) is 11.5. The van der Waals surface area contributed by atoms with Gasteiger partial charge in [0, 0.05) is 11.6 Å². The van der Waals surface area contributed by atoms with Crippen molar-refractivity contribution in [3.63, 3.8) is 0 Å². The predicted molar refractivity (Wildman–Crippen MR) is 125 cm³/mol. The molecule has 5 nitrogen and oxygen atoms in total. The fourth-order valence-electron chi connectivity index (χ4n) is 5.02. The van der Waals surface area contributed by atoms with Crippen molar-refractivity contribution in [3.05, 3.63) is 70.3 Å². The van der Waals surface area contributed by atoms with Crippen LogP contribution in [0, 0.1) is 6.92 Å². The lowest BCUT2D eigenvalue weighted by Crippen LogP contribution is -2.40. The van der Waals surface area contributed by atoms with Gasteiger partial charge in [0.2, 0.25) is 0 Å². The third-order valence-corrected chi connectivity index (χ3v) is 6.84. The van der Waals surface area contributed by atoms with E-state index >= 15 is 0 Å². The van der Waals surface area contributed by atoms with Crippen molar-refractivity contribution in [2.24, 2.45) is 0 Å². The molecule has 168 valence electrons. The molecule has 2 aliphatic rings. The third-order valence-electron chi connectivity index (χ3n) is 6.84. The second kappa shape index (κ2) is 9.19. The van der Waals surface area contributed by atoms with E-state index in [0.29, 0.717) is 11.3 Å². The minimum absolute atomic E-state index is 0.0123. The summed E-state index contributed by atoms with van der Waals surface area (Å²) in [7, 11) is 1.59. The number of hydrogen-bond acceptors (Lipinski definition) is 4. The van der Waals surface area contributed by atoms with Gasteiger partial charge in [0.1, 0.15) is 11.5 Å². The molecule has 4 rings (SSSR count). The number of methoxy groups -OCH3 is 1. The highest BCUT2D eigenvalue weighted by atomic mass is 16.5. The average Bonchev–Trinajstić information content (AvgIpc) is 3.09. The smallest absolute Gasteiger partial charge is 0.295 e. The normalized spacial score (nSPS) is 21.2. The van der Waals surface area contributed by atoms with E-state index in [0.717, 1.165) is 49.7 Å². The van der Waals surface area contributed by atoms with Gasteiger partial charge in [-0.05, 0) is 61.1 Å². The molecule has 5 heteroatoms. The fraction of sp³-hybridized carbons (Fsp3) is 0.407. The number of hydrogen-bond donors (Lipinski definition) is 1. The van der Waals surface area contributed by atoms with Gasteiger partial charge in [-0.2, -0.15) is 0 Å². The lowest BCUT2D eigenvalue weighted by atomic mass is 9.90. The number of Topliss-reactive ketones (excluding diaryl/α,β-unsaturated/α-hetero) is 1. The van der Waals surface area contributed by atoms with Crippen LogP contribution in [-0.2, 0) is 16.0 Å². The van der Waals surface area contributed by atoms with E-state index in [1.807, 2.05) is 37.3 Å². The van der Waals surface area contributed by atoms with Crippen LogP contribution in [0.25, 0.3) is 5.76 Å². The van der Waals surface area contributed by atoms with E-state index in [1.54, 1.807) is 24.1 Å². The van der Waals surface area contributed by atoms with Crippen molar-refractivity contribution in [3.8, 4) is 5.75 Å². The molecule has 1 saturated carbocycles. The van der Waals surface area contributed by atoms with Crippen LogP contribution in [-0.4, -0.2) is 34.8 Å². The van der Waals surface area contributed by atoms with Crippen LogP contribution >= 0.6 is 0 Å². The van der Waals surface area contributed by atoms with Crippen LogP contribution < -0.4 is 4.74 Å². The molecule has 1 saturated heterocycles. The summed E-state index contributed by atoms with van der Waals surface area (Å²) in [6, 6.07) is 12.8. The summed E-state index contributed by atoms with van der Waals surface area (Å²) in [5.74, 6) is -0.554. The minimum atomic E-state index is -0.604. The van der Waals surface area contributed by atoms with Crippen LogP contribution in [0.15, 0.2) is 48.0 Å². The van der Waals surface area contributed by atoms with Crippen molar-refractivity contribution in [2.75, 3.05) is 7.11 Å². The minimum Gasteiger partial charge on any atom is -0.507 e. The quantitative estimate of drug-likeness (QED) is 0.394. The van der Waals surface area contributed by atoms with Crippen LogP contribution in [0.5, 0.6) is 5.75 Å². The van der Waals surface area contributed by atoms with Crippen LogP contribution in [0.1, 0.15) is 67.3 Å². The molecule has 0 aromatic heterocycles. The van der Waals surface area contributed by atoms with Gasteiger partial charge in [0.05, 0.1) is 18.7 Å². The first-order chi connectivity index (χ1) is 15.5. The monoisotopic (exact) mass is 433 g/mol. The van der Waals surface area contributed by atoms with Crippen molar-refractivity contribution in [1.29, 1.82) is 0 Å². The molecular formula is C27H31NO4. The van der Waals surface area contributed by atoms with E-state index in [2.05, 4.69) is 6.92 Å². The number of rotatable bonds is 5. The second-order valence-electron chi connectivity index (χ2n) is 8.77. The van der Waals surface area contributed by atoms with E-state index in [1.165, 1.54) is 5.56 Å². The Morgan fingerprint density at radius 3 is 2.34 bits per heavy atom. The molecule has 1 unspecified atom stereocenters. The predicted octanol–water partition coefficient (Wildman–Crippen LogP) is 5.32. The Balaban J connectivity index is 1.87. The Labute approximate surface area is 189 Å². The molecular weight excluding hydrogens is 402 g/mol. The summed E-state index contributed by atoms with van der Waals surface area (Å²) in [5, 5.41) is 11.3. The lowest BCUT2D eigenvalue weighted by molar-refractivity contribution is -0.141. The van der Waals surface area contributed by atoms with Gasteiger partial charge in [-0.25, -0.2) is 0 Å². The number of carbonyl (C=O) groups is 2. The molecule has 2 aromatic rings. The van der Waals surface area contributed by atoms with Gasteiger partial charge in [0.15, 0.2) is 0 Å². The average molecular weight is 434 g/mol. The second-order valence-corrected chi connectivity index (χ2v) is 8.77. The number of likely N-dealkylation sites (tertiary alicyclic amines) is 1. The topological polar surface area (TPSA) is 66.8 Å². The Bertz CT molecular complexity index is 1050. The number of ether oxygens (including phenoxy) is 1. The SMILES string of the molecule is CCc1ccc(C2/C(=C(/O)c3ccc(OC)cc3C)C(=O)C(=O)N2C2CCCCC2)cc1. The van der Waals surface area contributed by atoms with Crippen molar-refractivity contribution < 1.29 is 19.4 Å². The molecule has 2 aromatic carbocycles. The highest BCUT2D eigenvalue weighted by Crippen LogP contribution is 2.43. The standard InChI is InChI=1S/C27H31NO4/c1-4-18-10-12-19(13-11-18)24-23(25(29)22-15-14-21(32-3)16-17(22)2)26(30)27(31)28(24)20-8-6-5-7-9-20/h10-16,20,24,29H,4-9H2,1-3H3/b25-23-. The zero-order chi connectivity index (χ0) is 22.8. The summed E-state index contributed by atoms with van der Waals surface area (Å²) >= 11 is 0. The molecule has 1 aliphatic carbocycles. The Kier molecular flexibility index (Phi) is 6.35. The largest absolute Gasteiger partial charge is 0.507 e. The summed E-state index contributed by atoms with van der Waals surface area (Å²) in [6.07, 6.45) is 5.94. The first kappa shape index (κ1) is 22.1. The maximum atomic E-state index is 13.3. The van der Waals surface area contributed by atoms with Gasteiger partial charge in [-0.1, -0.05) is 50.5 Å². The van der Waals surface area contributed by atoms with Crippen LogP contribution in [0.3, 0.4) is 0 Å². The maximum Gasteiger partial charge on any atom is 0.295 e. The molecule has 1 aliphatic heterocycles. The summed E-state index contributed by atoms with van der Waals surface area (Å²) < 4.78 is 5.28. The molecule has 1 N–H and O–H groups in total. The van der Waals surface area contributed by atoms with E-state index in [9.17, 15) is 14.7 Å². The van der Waals surface area contributed by atoms with Gasteiger partial charge in [-0.3, -0.25) is 9.59 Å². The fourth-order valence-corrected chi connectivity index (χ4v) is 5.02. The van der Waals surface area contributed by atoms with Crippen molar-refractivity contribution >= 4 is 17.4 Å². The highest BCUT2D eigenvalue weighted by molar-refractivity contribution is 6.46. The molecule has 0 spiro atoms. The zero-order valence-electron chi connectivity index (χ0n) is 19.1. The summed E-state index contributed by atoms with van der Waals surface area (Å²) in [6.45, 7) is 3.95. The number of benzene rings is 2. The lowest BCUT2D eigenvalue weighted by Gasteiger charge is -2.35. The number of nitrogens with zero attached hydrogens (tertiary/aromatic N) is 1. The highest BCUT2D eigenvalue weighted by Gasteiger charge is 2.48. The molecule has 32 heavy (non-hydrogen) atoms. The van der Waals surface area contributed by atoms with E-state index in [4.69, 9.17) is 4.74 Å². The first-order valence-corrected chi connectivity index (χ1v) is 11.5. The van der Waals surface area contributed by atoms with Gasteiger partial charge in [-0.15, -0.1) is 0 Å².